The fourth-order valence-corrected chi connectivity index (χ4v) is 1.84. The van der Waals surface area contributed by atoms with Gasteiger partial charge in [0.25, 0.3) is 5.91 Å². The molecule has 0 radical (unpaired) electrons. The van der Waals surface area contributed by atoms with E-state index in [1.54, 1.807) is 6.07 Å². The monoisotopic (exact) mass is 386 g/mol. The number of amides is 1. The first-order valence-corrected chi connectivity index (χ1v) is 6.90. The van der Waals surface area contributed by atoms with Crippen LogP contribution in [0.2, 0.25) is 0 Å². The molecule has 0 atom stereocenters. The van der Waals surface area contributed by atoms with E-state index in [4.69, 9.17) is 4.52 Å². The number of carbonyl (C=O) groups excluding carboxylic acids is 1. The SMILES string of the molecule is O=C(NCCCCCBr)c1cc(I)on1. The number of carbonyl (C=O) groups is 1. The Bertz CT molecular complexity index is 317. The summed E-state index contributed by atoms with van der Waals surface area (Å²) in [5.41, 5.74) is 0.347. The van der Waals surface area contributed by atoms with Crippen molar-refractivity contribution < 1.29 is 9.32 Å². The Balaban J connectivity index is 2.19. The minimum Gasteiger partial charge on any atom is -0.351 e. The van der Waals surface area contributed by atoms with Gasteiger partial charge in [-0.2, -0.15) is 0 Å². The fourth-order valence-electron chi connectivity index (χ4n) is 1.05. The minimum atomic E-state index is -0.166. The van der Waals surface area contributed by atoms with E-state index in [2.05, 4.69) is 26.4 Å². The maximum Gasteiger partial charge on any atom is 0.273 e. The van der Waals surface area contributed by atoms with Crippen LogP contribution in [0.15, 0.2) is 10.6 Å². The number of rotatable bonds is 6. The van der Waals surface area contributed by atoms with Gasteiger partial charge >= 0.3 is 0 Å². The normalized spacial score (nSPS) is 10.3. The summed E-state index contributed by atoms with van der Waals surface area (Å²) in [5, 5.41) is 7.44. The first-order valence-electron chi connectivity index (χ1n) is 4.70. The number of unbranched alkanes of at least 4 members (excludes halogenated alkanes) is 2. The smallest absolute Gasteiger partial charge is 0.273 e. The predicted molar refractivity (Wildman–Crippen MR) is 69.2 cm³/mol. The highest BCUT2D eigenvalue weighted by Crippen LogP contribution is 2.06. The van der Waals surface area contributed by atoms with Crippen LogP contribution in [0, 0.1) is 3.77 Å². The van der Waals surface area contributed by atoms with E-state index in [9.17, 15) is 4.79 Å². The molecule has 1 amide bonds. The van der Waals surface area contributed by atoms with Crippen molar-refractivity contribution in [2.24, 2.45) is 0 Å². The molecule has 4 nitrogen and oxygen atoms in total. The molecule has 1 N–H and O–H groups in total. The van der Waals surface area contributed by atoms with Crippen molar-refractivity contribution in [1.29, 1.82) is 0 Å². The van der Waals surface area contributed by atoms with Gasteiger partial charge in [-0.1, -0.05) is 27.5 Å². The topological polar surface area (TPSA) is 55.1 Å². The van der Waals surface area contributed by atoms with E-state index < -0.39 is 0 Å². The largest absolute Gasteiger partial charge is 0.351 e. The third-order valence-electron chi connectivity index (χ3n) is 1.81. The molecule has 1 heterocycles. The second kappa shape index (κ2) is 7.21. The third kappa shape index (κ3) is 4.96. The van der Waals surface area contributed by atoms with Crippen molar-refractivity contribution in [3.63, 3.8) is 0 Å². The van der Waals surface area contributed by atoms with Gasteiger partial charge in [0.1, 0.15) is 0 Å². The van der Waals surface area contributed by atoms with Gasteiger partial charge in [0, 0.05) is 40.5 Å². The van der Waals surface area contributed by atoms with Crippen LogP contribution in [0.3, 0.4) is 0 Å². The molecule has 0 saturated carbocycles. The maximum absolute atomic E-state index is 11.4. The first-order chi connectivity index (χ1) is 7.24. The van der Waals surface area contributed by atoms with E-state index in [-0.39, 0.29) is 5.91 Å². The van der Waals surface area contributed by atoms with Crippen LogP contribution in [0.4, 0.5) is 0 Å². The number of nitrogens with zero attached hydrogens (tertiary/aromatic N) is 1. The van der Waals surface area contributed by atoms with Crippen LogP contribution in [0.1, 0.15) is 29.8 Å². The Morgan fingerprint density at radius 3 is 2.93 bits per heavy atom. The Morgan fingerprint density at radius 1 is 1.53 bits per heavy atom. The summed E-state index contributed by atoms with van der Waals surface area (Å²) in [6.07, 6.45) is 3.24. The maximum atomic E-state index is 11.4. The lowest BCUT2D eigenvalue weighted by Gasteiger charge is -2.01. The molecule has 0 bridgehead atoms. The molecule has 0 aliphatic heterocycles. The zero-order chi connectivity index (χ0) is 11.1. The van der Waals surface area contributed by atoms with E-state index in [1.807, 2.05) is 22.6 Å². The van der Waals surface area contributed by atoms with Gasteiger partial charge in [-0.3, -0.25) is 4.79 Å². The van der Waals surface area contributed by atoms with Gasteiger partial charge in [0.2, 0.25) is 0 Å². The Labute approximate surface area is 110 Å². The standard InChI is InChI=1S/C9H12BrIN2O2/c10-4-2-1-3-5-12-9(14)7-6-8(11)15-13-7/h6H,1-5H2,(H,12,14). The van der Waals surface area contributed by atoms with Crippen LogP contribution < -0.4 is 5.32 Å². The zero-order valence-corrected chi connectivity index (χ0v) is 11.9. The molecule has 1 aromatic rings. The third-order valence-corrected chi connectivity index (χ3v) is 2.88. The lowest BCUT2D eigenvalue weighted by Crippen LogP contribution is -2.24. The van der Waals surface area contributed by atoms with Crippen molar-refractivity contribution >= 4 is 44.4 Å². The summed E-state index contributed by atoms with van der Waals surface area (Å²) >= 11 is 5.33. The van der Waals surface area contributed by atoms with E-state index in [1.165, 1.54) is 0 Å². The lowest BCUT2D eigenvalue weighted by molar-refractivity contribution is 0.0944. The van der Waals surface area contributed by atoms with E-state index in [0.29, 0.717) is 16.0 Å². The van der Waals surface area contributed by atoms with Crippen molar-refractivity contribution in [3.05, 3.63) is 15.5 Å². The highest BCUT2D eigenvalue weighted by Gasteiger charge is 2.09. The second-order valence-electron chi connectivity index (χ2n) is 3.02. The van der Waals surface area contributed by atoms with Crippen LogP contribution in [-0.2, 0) is 0 Å². The first kappa shape index (κ1) is 13.0. The molecule has 0 aromatic carbocycles. The minimum absolute atomic E-state index is 0.166. The number of halogens is 2. The average Bonchev–Trinajstić information content (AvgIpc) is 2.64. The zero-order valence-electron chi connectivity index (χ0n) is 8.13. The van der Waals surface area contributed by atoms with Gasteiger partial charge in [-0.25, -0.2) is 0 Å². The van der Waals surface area contributed by atoms with Gasteiger partial charge in [-0.05, 0) is 12.8 Å². The molecule has 84 valence electrons. The molecule has 15 heavy (non-hydrogen) atoms. The highest BCUT2D eigenvalue weighted by molar-refractivity contribution is 14.1. The molecule has 0 aliphatic carbocycles. The molecular formula is C9H12BrIN2O2. The van der Waals surface area contributed by atoms with Crippen LogP contribution in [0.25, 0.3) is 0 Å². The lowest BCUT2D eigenvalue weighted by atomic mass is 10.2. The molecule has 1 rings (SSSR count). The predicted octanol–water partition coefficient (Wildman–Crippen LogP) is 2.57. The van der Waals surface area contributed by atoms with E-state index in [0.717, 1.165) is 24.6 Å². The summed E-state index contributed by atoms with van der Waals surface area (Å²) in [4.78, 5) is 11.4. The van der Waals surface area contributed by atoms with Gasteiger partial charge in [0.05, 0.1) is 0 Å². The highest BCUT2D eigenvalue weighted by atomic mass is 127. The van der Waals surface area contributed by atoms with Crippen molar-refractivity contribution in [2.45, 2.75) is 19.3 Å². The molecule has 6 heteroatoms. The van der Waals surface area contributed by atoms with Gasteiger partial charge < -0.3 is 9.84 Å². The number of hydrogen-bond acceptors (Lipinski definition) is 3. The van der Waals surface area contributed by atoms with Gasteiger partial charge in [-0.15, -0.1) is 0 Å². The Morgan fingerprint density at radius 2 is 2.33 bits per heavy atom. The summed E-state index contributed by atoms with van der Waals surface area (Å²) in [6, 6.07) is 1.62. The van der Waals surface area contributed by atoms with Crippen LogP contribution in [-0.4, -0.2) is 22.9 Å². The van der Waals surface area contributed by atoms with E-state index >= 15 is 0 Å². The fraction of sp³-hybridized carbons (Fsp3) is 0.556. The number of alkyl halides is 1. The molecule has 0 aliphatic rings. The second-order valence-corrected chi connectivity index (χ2v) is 4.88. The van der Waals surface area contributed by atoms with Crippen molar-refractivity contribution in [2.75, 3.05) is 11.9 Å². The molecule has 0 fully saturated rings. The summed E-state index contributed by atoms with van der Waals surface area (Å²) in [5.74, 6) is -0.166. The average molecular weight is 387 g/mol. The molecule has 1 aromatic heterocycles. The van der Waals surface area contributed by atoms with Crippen LogP contribution >= 0.6 is 38.5 Å². The quantitative estimate of drug-likeness (QED) is 0.464. The number of nitrogens with one attached hydrogen (secondary N) is 1. The molecular weight excluding hydrogens is 375 g/mol. The van der Waals surface area contributed by atoms with Crippen LogP contribution in [0.5, 0.6) is 0 Å². The summed E-state index contributed by atoms with van der Waals surface area (Å²) < 4.78 is 5.42. The molecule has 0 unspecified atom stereocenters. The molecule has 0 spiro atoms. The Hall–Kier alpha value is -0.110. The van der Waals surface area contributed by atoms with Crippen molar-refractivity contribution in [3.8, 4) is 0 Å². The summed E-state index contributed by atoms with van der Waals surface area (Å²) in [7, 11) is 0. The number of aromatic nitrogens is 1. The number of hydrogen-bond donors (Lipinski definition) is 1. The van der Waals surface area contributed by atoms with Crippen molar-refractivity contribution in [1.82, 2.24) is 10.5 Å². The molecule has 0 saturated heterocycles. The Kier molecular flexibility index (Phi) is 6.23. The summed E-state index contributed by atoms with van der Waals surface area (Å²) in [6.45, 7) is 0.690. The van der Waals surface area contributed by atoms with Gasteiger partial charge in [0.15, 0.2) is 9.46 Å².